The first kappa shape index (κ1) is 14.5. The van der Waals surface area contributed by atoms with Crippen molar-refractivity contribution < 1.29 is 9.53 Å². The quantitative estimate of drug-likeness (QED) is 0.849. The van der Waals surface area contributed by atoms with Crippen LogP contribution in [0.1, 0.15) is 10.4 Å². The van der Waals surface area contributed by atoms with E-state index in [1.165, 1.54) is 42.5 Å². The van der Waals surface area contributed by atoms with Crippen molar-refractivity contribution in [3.63, 3.8) is 0 Å². The normalized spacial score (nSPS) is 10.3. The van der Waals surface area contributed by atoms with E-state index in [4.69, 9.17) is 10.5 Å². The van der Waals surface area contributed by atoms with E-state index in [2.05, 4.69) is 15.2 Å². The van der Waals surface area contributed by atoms with E-state index in [1.807, 2.05) is 19.0 Å². The van der Waals surface area contributed by atoms with Gasteiger partial charge in [0.25, 0.3) is 0 Å². The summed E-state index contributed by atoms with van der Waals surface area (Å²) in [6.07, 6.45) is 1.49. The van der Waals surface area contributed by atoms with Crippen LogP contribution in [-0.2, 0) is 4.74 Å². The van der Waals surface area contributed by atoms with Crippen molar-refractivity contribution in [2.24, 2.45) is 0 Å². The number of carbonyl (C=O) groups is 1. The highest BCUT2D eigenvalue weighted by molar-refractivity contribution is 8.01. The Morgan fingerprint density at radius 1 is 1.45 bits per heavy atom. The van der Waals surface area contributed by atoms with Gasteiger partial charge < -0.3 is 15.4 Å². The number of hydrogen-bond acceptors (Lipinski definition) is 9. The van der Waals surface area contributed by atoms with Crippen molar-refractivity contribution in [2.45, 2.75) is 9.37 Å². The van der Waals surface area contributed by atoms with Crippen LogP contribution in [0.25, 0.3) is 0 Å². The van der Waals surface area contributed by atoms with Crippen molar-refractivity contribution in [3.05, 3.63) is 17.8 Å². The Hall–Kier alpha value is -1.87. The Bertz CT molecular complexity index is 629. The van der Waals surface area contributed by atoms with E-state index in [1.54, 1.807) is 0 Å². The average Bonchev–Trinajstić information content (AvgIpc) is 2.88. The number of methoxy groups -OCH3 is 1. The zero-order valence-electron chi connectivity index (χ0n) is 11.2. The molecule has 0 aliphatic heterocycles. The second-order valence-corrected chi connectivity index (χ2v) is 6.15. The molecular weight excluding hydrogens is 298 g/mol. The first-order chi connectivity index (χ1) is 9.51. The summed E-state index contributed by atoms with van der Waals surface area (Å²) in [5, 5.41) is 9.35. The van der Waals surface area contributed by atoms with Crippen LogP contribution in [0.5, 0.6) is 0 Å². The number of hydrogen-bond donors (Lipinski definition) is 1. The molecule has 2 rings (SSSR count). The van der Waals surface area contributed by atoms with Crippen LogP contribution in [0.3, 0.4) is 0 Å². The Kier molecular flexibility index (Phi) is 4.40. The van der Waals surface area contributed by atoms with Crippen molar-refractivity contribution in [1.82, 2.24) is 15.2 Å². The van der Waals surface area contributed by atoms with Crippen molar-refractivity contribution in [2.75, 3.05) is 31.8 Å². The third kappa shape index (κ3) is 3.17. The van der Waals surface area contributed by atoms with Gasteiger partial charge in [0.2, 0.25) is 5.13 Å². The third-order valence-corrected chi connectivity index (χ3v) is 4.40. The summed E-state index contributed by atoms with van der Waals surface area (Å²) in [5.41, 5.74) is 6.37. The maximum absolute atomic E-state index is 11.7. The van der Waals surface area contributed by atoms with Gasteiger partial charge in [-0.1, -0.05) is 11.3 Å². The average molecular weight is 311 g/mol. The SMILES string of the molecule is COC(=O)c1cc(N)cnc1Sc1nnc(N(C)C)s1. The fourth-order valence-electron chi connectivity index (χ4n) is 1.31. The fraction of sp³-hybridized carbons (Fsp3) is 0.273. The Balaban J connectivity index is 2.30. The summed E-state index contributed by atoms with van der Waals surface area (Å²) in [4.78, 5) is 17.7. The molecular formula is C11H13N5O2S2. The predicted octanol–water partition coefficient (Wildman–Crippen LogP) is 1.52. The maximum Gasteiger partial charge on any atom is 0.340 e. The van der Waals surface area contributed by atoms with Gasteiger partial charge in [-0.05, 0) is 17.8 Å². The first-order valence-electron chi connectivity index (χ1n) is 5.53. The molecule has 0 saturated carbocycles. The van der Waals surface area contributed by atoms with Gasteiger partial charge in [-0.25, -0.2) is 9.78 Å². The first-order valence-corrected chi connectivity index (χ1v) is 7.17. The molecule has 0 aliphatic rings. The van der Waals surface area contributed by atoms with Crippen molar-refractivity contribution in [1.29, 1.82) is 0 Å². The molecule has 0 radical (unpaired) electrons. The number of esters is 1. The van der Waals surface area contributed by atoms with Crippen LogP contribution in [0.4, 0.5) is 10.8 Å². The highest BCUT2D eigenvalue weighted by Crippen LogP contribution is 2.34. The largest absolute Gasteiger partial charge is 0.465 e. The topological polar surface area (TPSA) is 94.2 Å². The maximum atomic E-state index is 11.7. The minimum absolute atomic E-state index is 0.319. The number of aromatic nitrogens is 3. The molecule has 9 heteroatoms. The molecule has 2 heterocycles. The lowest BCUT2D eigenvalue weighted by Gasteiger charge is -2.06. The number of rotatable bonds is 4. The Morgan fingerprint density at radius 2 is 2.20 bits per heavy atom. The van der Waals surface area contributed by atoms with Crippen molar-refractivity contribution >= 4 is 39.9 Å². The molecule has 20 heavy (non-hydrogen) atoms. The minimum Gasteiger partial charge on any atom is -0.465 e. The summed E-state index contributed by atoms with van der Waals surface area (Å²) in [6, 6.07) is 1.54. The van der Waals surface area contributed by atoms with Gasteiger partial charge >= 0.3 is 5.97 Å². The molecule has 0 aromatic carbocycles. The van der Waals surface area contributed by atoms with E-state index in [0.717, 1.165) is 5.13 Å². The predicted molar refractivity (Wildman–Crippen MR) is 78.3 cm³/mol. The number of nitrogens with zero attached hydrogens (tertiary/aromatic N) is 4. The summed E-state index contributed by atoms with van der Waals surface area (Å²) in [7, 11) is 5.08. The number of ether oxygens (including phenoxy) is 1. The third-order valence-electron chi connectivity index (χ3n) is 2.24. The van der Waals surface area contributed by atoms with Gasteiger partial charge in [-0.15, -0.1) is 10.2 Å². The van der Waals surface area contributed by atoms with E-state index < -0.39 is 5.97 Å². The number of pyridine rings is 1. The molecule has 0 amide bonds. The van der Waals surface area contributed by atoms with Gasteiger partial charge in [0.05, 0.1) is 24.6 Å². The Labute approximate surface area is 124 Å². The van der Waals surface area contributed by atoms with Crippen LogP contribution in [0, 0.1) is 0 Å². The second-order valence-electron chi connectivity index (χ2n) is 3.96. The molecule has 0 fully saturated rings. The van der Waals surface area contributed by atoms with Crippen molar-refractivity contribution in [3.8, 4) is 0 Å². The molecule has 0 atom stereocenters. The van der Waals surface area contributed by atoms with Crippen LogP contribution < -0.4 is 10.6 Å². The Morgan fingerprint density at radius 3 is 2.80 bits per heavy atom. The molecule has 0 aliphatic carbocycles. The van der Waals surface area contributed by atoms with E-state index in [0.29, 0.717) is 20.6 Å². The zero-order chi connectivity index (χ0) is 14.7. The fourth-order valence-corrected chi connectivity index (χ4v) is 3.05. The lowest BCUT2D eigenvalue weighted by molar-refractivity contribution is 0.0596. The number of carbonyl (C=O) groups excluding carboxylic acids is 1. The molecule has 0 unspecified atom stereocenters. The van der Waals surface area contributed by atoms with E-state index in [9.17, 15) is 4.79 Å². The zero-order valence-corrected chi connectivity index (χ0v) is 12.8. The van der Waals surface area contributed by atoms with Gasteiger partial charge in [-0.3, -0.25) is 0 Å². The molecule has 2 N–H and O–H groups in total. The molecule has 0 saturated heterocycles. The van der Waals surface area contributed by atoms with Crippen LogP contribution in [0.15, 0.2) is 21.6 Å². The van der Waals surface area contributed by atoms with E-state index >= 15 is 0 Å². The number of anilines is 2. The summed E-state index contributed by atoms with van der Waals surface area (Å²) >= 11 is 2.67. The van der Waals surface area contributed by atoms with E-state index in [-0.39, 0.29) is 0 Å². The summed E-state index contributed by atoms with van der Waals surface area (Å²) in [6.45, 7) is 0. The molecule has 0 spiro atoms. The lowest BCUT2D eigenvalue weighted by atomic mass is 10.3. The molecule has 0 bridgehead atoms. The lowest BCUT2D eigenvalue weighted by Crippen LogP contribution is -2.07. The molecule has 106 valence electrons. The standard InChI is InChI=1S/C11H13N5O2S2/c1-16(2)10-14-15-11(20-10)19-8-7(9(17)18-3)4-6(12)5-13-8/h4-5H,12H2,1-3H3. The highest BCUT2D eigenvalue weighted by Gasteiger charge is 2.17. The summed E-state index contributed by atoms with van der Waals surface area (Å²) in [5.74, 6) is -0.482. The number of nitrogen functional groups attached to an aromatic ring is 1. The van der Waals surface area contributed by atoms with Gasteiger partial charge in [0.1, 0.15) is 5.03 Å². The summed E-state index contributed by atoms with van der Waals surface area (Å²) < 4.78 is 5.42. The molecule has 2 aromatic rings. The number of nitrogens with two attached hydrogens (primary N) is 1. The smallest absolute Gasteiger partial charge is 0.340 e. The monoisotopic (exact) mass is 311 g/mol. The molecule has 2 aromatic heterocycles. The second kappa shape index (κ2) is 6.06. The van der Waals surface area contributed by atoms with Crippen LogP contribution >= 0.6 is 23.1 Å². The molecule has 7 nitrogen and oxygen atoms in total. The highest BCUT2D eigenvalue weighted by atomic mass is 32.2. The van der Waals surface area contributed by atoms with Crippen LogP contribution in [0.2, 0.25) is 0 Å². The van der Waals surface area contributed by atoms with Gasteiger partial charge in [0.15, 0.2) is 4.34 Å². The minimum atomic E-state index is -0.482. The van der Waals surface area contributed by atoms with Gasteiger partial charge in [-0.2, -0.15) is 0 Å². The van der Waals surface area contributed by atoms with Crippen LogP contribution in [-0.4, -0.2) is 42.4 Å². The van der Waals surface area contributed by atoms with Gasteiger partial charge in [0, 0.05) is 14.1 Å².